The summed E-state index contributed by atoms with van der Waals surface area (Å²) in [5.41, 5.74) is 2.17. The van der Waals surface area contributed by atoms with Crippen molar-refractivity contribution < 1.29 is 19.1 Å². The molecule has 0 heterocycles. The number of hydrogen-bond acceptors (Lipinski definition) is 5. The lowest BCUT2D eigenvalue weighted by Crippen LogP contribution is -2.21. The minimum Gasteiger partial charge on any atom is -0.491 e. The fourth-order valence-corrected chi connectivity index (χ4v) is 2.85. The third kappa shape index (κ3) is 10.00. The largest absolute Gasteiger partial charge is 0.491 e. The normalized spacial score (nSPS) is 10.4. The zero-order valence-corrected chi connectivity index (χ0v) is 18.4. The van der Waals surface area contributed by atoms with Crippen molar-refractivity contribution in [1.29, 1.82) is 0 Å². The predicted octanol–water partition coefficient (Wildman–Crippen LogP) is 4.67. The van der Waals surface area contributed by atoms with Gasteiger partial charge in [0, 0.05) is 30.1 Å². The van der Waals surface area contributed by atoms with Crippen LogP contribution in [-0.2, 0) is 14.3 Å². The summed E-state index contributed by atoms with van der Waals surface area (Å²) in [7, 11) is 0. The number of ether oxygens (including phenoxy) is 2. The molecule has 0 spiro atoms. The number of carbonyl (C=O) groups excluding carboxylic acids is 2. The van der Waals surface area contributed by atoms with Crippen LogP contribution in [0.5, 0.6) is 5.75 Å². The molecule has 2 amide bonds. The van der Waals surface area contributed by atoms with Crippen LogP contribution in [0.4, 0.5) is 17.1 Å². The highest BCUT2D eigenvalue weighted by atomic mass is 16.5. The lowest BCUT2D eigenvalue weighted by Gasteiger charge is -2.11. The van der Waals surface area contributed by atoms with E-state index in [0.29, 0.717) is 37.6 Å². The Morgan fingerprint density at radius 2 is 1.58 bits per heavy atom. The molecule has 0 aliphatic heterocycles. The fraction of sp³-hybridized carbons (Fsp3) is 0.417. The second kappa shape index (κ2) is 14.0. The van der Waals surface area contributed by atoms with Crippen LogP contribution in [0.1, 0.15) is 39.5 Å². The van der Waals surface area contributed by atoms with Crippen LogP contribution in [-0.4, -0.2) is 38.2 Å². The first kappa shape index (κ1) is 24.2. The third-order valence-corrected chi connectivity index (χ3v) is 4.45. The molecule has 0 saturated heterocycles. The smallest absolute Gasteiger partial charge is 0.243 e. The van der Waals surface area contributed by atoms with Gasteiger partial charge in [0.2, 0.25) is 11.8 Å². The first-order valence-electron chi connectivity index (χ1n) is 10.8. The minimum absolute atomic E-state index is 0.00802. The van der Waals surface area contributed by atoms with Crippen molar-refractivity contribution in [2.24, 2.45) is 0 Å². The summed E-state index contributed by atoms with van der Waals surface area (Å²) >= 11 is 0. The van der Waals surface area contributed by atoms with Crippen molar-refractivity contribution in [3.05, 3.63) is 48.5 Å². The van der Waals surface area contributed by atoms with Crippen LogP contribution in [0.3, 0.4) is 0 Å². The van der Waals surface area contributed by atoms with Gasteiger partial charge in [-0.05, 0) is 55.8 Å². The molecule has 7 heteroatoms. The number of hydrogen-bond donors (Lipinski definition) is 3. The van der Waals surface area contributed by atoms with Gasteiger partial charge in [-0.2, -0.15) is 0 Å². The molecule has 7 nitrogen and oxygen atoms in total. The molecule has 0 bridgehead atoms. The number of amides is 2. The summed E-state index contributed by atoms with van der Waals surface area (Å²) < 4.78 is 10.8. The van der Waals surface area contributed by atoms with Crippen LogP contribution >= 0.6 is 0 Å². The zero-order valence-electron chi connectivity index (χ0n) is 18.4. The maximum atomic E-state index is 12.2. The molecule has 0 aromatic heterocycles. The second-order valence-electron chi connectivity index (χ2n) is 7.06. The van der Waals surface area contributed by atoms with Gasteiger partial charge < -0.3 is 25.4 Å². The van der Waals surface area contributed by atoms with E-state index in [4.69, 9.17) is 9.47 Å². The highest BCUT2D eigenvalue weighted by Crippen LogP contribution is 2.17. The summed E-state index contributed by atoms with van der Waals surface area (Å²) in [6, 6.07) is 14.6. The average Bonchev–Trinajstić information content (AvgIpc) is 2.77. The summed E-state index contributed by atoms with van der Waals surface area (Å²) in [4.78, 5) is 24.2. The summed E-state index contributed by atoms with van der Waals surface area (Å²) in [5.74, 6) is 0.567. The summed E-state index contributed by atoms with van der Waals surface area (Å²) in [6.45, 7) is 5.86. The van der Waals surface area contributed by atoms with E-state index in [2.05, 4.69) is 22.9 Å². The molecule has 3 N–H and O–H groups in total. The average molecular weight is 428 g/mol. The highest BCUT2D eigenvalue weighted by molar-refractivity contribution is 5.94. The van der Waals surface area contributed by atoms with Gasteiger partial charge in [-0.1, -0.05) is 25.8 Å². The van der Waals surface area contributed by atoms with E-state index in [-0.39, 0.29) is 18.4 Å². The van der Waals surface area contributed by atoms with Gasteiger partial charge >= 0.3 is 0 Å². The standard InChI is InChI=1S/C24H33N3O4/c1-3-5-6-10-23(28)27-21-9-7-8-20(17-21)25-18-24(29)26-19-11-13-22(14-12-19)31-16-15-30-4-2/h7-9,11-14,17,25H,3-6,10,15-16,18H2,1-2H3,(H,26,29)(H,27,28). The summed E-state index contributed by atoms with van der Waals surface area (Å²) in [5, 5.41) is 8.82. The number of nitrogens with one attached hydrogen (secondary N) is 3. The Balaban J connectivity index is 1.75. The van der Waals surface area contributed by atoms with Crippen LogP contribution < -0.4 is 20.7 Å². The van der Waals surface area contributed by atoms with Crippen LogP contribution in [0.2, 0.25) is 0 Å². The van der Waals surface area contributed by atoms with Crippen molar-refractivity contribution in [1.82, 2.24) is 0 Å². The van der Waals surface area contributed by atoms with E-state index < -0.39 is 0 Å². The van der Waals surface area contributed by atoms with Crippen molar-refractivity contribution in [3.8, 4) is 5.75 Å². The van der Waals surface area contributed by atoms with E-state index >= 15 is 0 Å². The van der Waals surface area contributed by atoms with E-state index in [1.54, 1.807) is 12.1 Å². The molecular weight excluding hydrogens is 394 g/mol. The SMILES string of the molecule is CCCCCC(=O)Nc1cccc(NCC(=O)Nc2ccc(OCCOCC)cc2)c1. The molecular formula is C24H33N3O4. The second-order valence-corrected chi connectivity index (χ2v) is 7.06. The molecule has 0 aliphatic rings. The minimum atomic E-state index is -0.168. The lowest BCUT2D eigenvalue weighted by atomic mass is 10.2. The van der Waals surface area contributed by atoms with Crippen molar-refractivity contribution in [3.63, 3.8) is 0 Å². The Labute approximate surface area is 184 Å². The molecule has 168 valence electrons. The number of carbonyl (C=O) groups is 2. The Morgan fingerprint density at radius 3 is 2.32 bits per heavy atom. The Kier molecular flexibility index (Phi) is 11.0. The first-order valence-corrected chi connectivity index (χ1v) is 10.8. The van der Waals surface area contributed by atoms with Gasteiger partial charge in [0.1, 0.15) is 12.4 Å². The fourth-order valence-electron chi connectivity index (χ4n) is 2.85. The predicted molar refractivity (Wildman–Crippen MR) is 125 cm³/mol. The molecule has 2 aromatic rings. The van der Waals surface area contributed by atoms with Crippen molar-refractivity contribution in [2.45, 2.75) is 39.5 Å². The van der Waals surface area contributed by atoms with Gasteiger partial charge in [0.05, 0.1) is 13.2 Å². The van der Waals surface area contributed by atoms with Gasteiger partial charge in [-0.3, -0.25) is 9.59 Å². The van der Waals surface area contributed by atoms with Crippen LogP contribution in [0.25, 0.3) is 0 Å². The van der Waals surface area contributed by atoms with Crippen LogP contribution in [0.15, 0.2) is 48.5 Å². The summed E-state index contributed by atoms with van der Waals surface area (Å²) in [6.07, 6.45) is 3.54. The molecule has 2 rings (SSSR count). The van der Waals surface area contributed by atoms with Crippen molar-refractivity contribution in [2.75, 3.05) is 42.3 Å². The third-order valence-electron chi connectivity index (χ3n) is 4.45. The molecule has 0 saturated carbocycles. The van der Waals surface area contributed by atoms with Gasteiger partial charge in [0.25, 0.3) is 0 Å². The Hall–Kier alpha value is -3.06. The number of anilines is 3. The zero-order chi connectivity index (χ0) is 22.3. The van der Waals surface area contributed by atoms with E-state index in [1.165, 1.54) is 0 Å². The first-order chi connectivity index (χ1) is 15.1. The quantitative estimate of drug-likeness (QED) is 0.381. The topological polar surface area (TPSA) is 88.7 Å². The maximum absolute atomic E-state index is 12.2. The van der Waals surface area contributed by atoms with Gasteiger partial charge in [-0.25, -0.2) is 0 Å². The molecule has 2 aromatic carbocycles. The Morgan fingerprint density at radius 1 is 0.839 bits per heavy atom. The molecule has 0 unspecified atom stereocenters. The van der Waals surface area contributed by atoms with Crippen molar-refractivity contribution >= 4 is 28.9 Å². The molecule has 0 fully saturated rings. The molecule has 0 aliphatic carbocycles. The van der Waals surface area contributed by atoms with E-state index in [1.807, 2.05) is 43.3 Å². The van der Waals surface area contributed by atoms with Gasteiger partial charge in [-0.15, -0.1) is 0 Å². The highest BCUT2D eigenvalue weighted by Gasteiger charge is 2.05. The lowest BCUT2D eigenvalue weighted by molar-refractivity contribution is -0.116. The number of rotatable bonds is 14. The van der Waals surface area contributed by atoms with E-state index in [0.717, 1.165) is 30.7 Å². The molecule has 0 radical (unpaired) electrons. The number of unbranched alkanes of at least 4 members (excludes halogenated alkanes) is 2. The van der Waals surface area contributed by atoms with E-state index in [9.17, 15) is 9.59 Å². The van der Waals surface area contributed by atoms with Crippen LogP contribution in [0, 0.1) is 0 Å². The number of benzene rings is 2. The Bertz CT molecular complexity index is 809. The van der Waals surface area contributed by atoms with Gasteiger partial charge in [0.15, 0.2) is 0 Å². The monoisotopic (exact) mass is 427 g/mol. The maximum Gasteiger partial charge on any atom is 0.243 e. The molecule has 0 atom stereocenters. The molecule has 31 heavy (non-hydrogen) atoms.